The molecule has 98 valence electrons. The quantitative estimate of drug-likeness (QED) is 0.709. The van der Waals surface area contributed by atoms with Gasteiger partial charge in [0.1, 0.15) is 6.10 Å². The zero-order chi connectivity index (χ0) is 12.1. The van der Waals surface area contributed by atoms with Crippen LogP contribution in [0, 0.1) is 5.92 Å². The van der Waals surface area contributed by atoms with Crippen molar-refractivity contribution in [2.75, 3.05) is 20.3 Å². The van der Waals surface area contributed by atoms with Crippen molar-refractivity contribution >= 4 is 5.97 Å². The lowest BCUT2D eigenvalue weighted by atomic mass is 9.94. The van der Waals surface area contributed by atoms with Gasteiger partial charge < -0.3 is 14.2 Å². The fourth-order valence-electron chi connectivity index (χ4n) is 2.65. The van der Waals surface area contributed by atoms with Gasteiger partial charge in [-0.15, -0.1) is 0 Å². The Bertz CT molecular complexity index is 248. The van der Waals surface area contributed by atoms with Gasteiger partial charge in [-0.25, -0.2) is 0 Å². The highest BCUT2D eigenvalue weighted by Gasteiger charge is 2.31. The average molecular weight is 242 g/mol. The van der Waals surface area contributed by atoms with E-state index in [1.165, 1.54) is 6.42 Å². The van der Waals surface area contributed by atoms with Crippen LogP contribution in [0.3, 0.4) is 0 Å². The van der Waals surface area contributed by atoms with Crippen molar-refractivity contribution in [3.05, 3.63) is 0 Å². The molecule has 4 heteroatoms. The molecule has 1 saturated heterocycles. The first-order chi connectivity index (χ1) is 8.31. The minimum absolute atomic E-state index is 0.0307. The summed E-state index contributed by atoms with van der Waals surface area (Å²) in [7, 11) is 1.70. The number of rotatable bonds is 3. The van der Waals surface area contributed by atoms with E-state index in [4.69, 9.17) is 14.2 Å². The Hall–Kier alpha value is -0.610. The predicted molar refractivity (Wildman–Crippen MR) is 62.7 cm³/mol. The first-order valence-electron chi connectivity index (χ1n) is 6.62. The van der Waals surface area contributed by atoms with E-state index < -0.39 is 0 Å². The summed E-state index contributed by atoms with van der Waals surface area (Å²) in [6.07, 6.45) is 5.88. The Balaban J connectivity index is 1.83. The van der Waals surface area contributed by atoms with Gasteiger partial charge in [0.2, 0.25) is 0 Å². The van der Waals surface area contributed by atoms with E-state index in [1.54, 1.807) is 7.11 Å². The molecule has 2 unspecified atom stereocenters. The summed E-state index contributed by atoms with van der Waals surface area (Å²) < 4.78 is 16.3. The minimum Gasteiger partial charge on any atom is -0.459 e. The lowest BCUT2D eigenvalue weighted by Crippen LogP contribution is -2.38. The van der Waals surface area contributed by atoms with Gasteiger partial charge in [-0.1, -0.05) is 6.42 Å². The lowest BCUT2D eigenvalue weighted by molar-refractivity contribution is -0.167. The van der Waals surface area contributed by atoms with Gasteiger partial charge in [-0.05, 0) is 32.1 Å². The SMILES string of the molecule is COC1CCCCC1OC(=O)C1CCOCC1. The standard InChI is InChI=1S/C13H22O4/c1-15-11-4-2-3-5-12(11)17-13(14)10-6-8-16-9-7-10/h10-12H,2-9H2,1H3. The van der Waals surface area contributed by atoms with Crippen LogP contribution in [-0.4, -0.2) is 38.5 Å². The third-order valence-electron chi connectivity index (χ3n) is 3.77. The number of hydrogen-bond donors (Lipinski definition) is 0. The number of ether oxygens (including phenoxy) is 3. The molecule has 2 atom stereocenters. The second kappa shape index (κ2) is 6.36. The van der Waals surface area contributed by atoms with Crippen LogP contribution in [0.4, 0.5) is 0 Å². The van der Waals surface area contributed by atoms with Crippen molar-refractivity contribution in [2.45, 2.75) is 50.7 Å². The molecule has 17 heavy (non-hydrogen) atoms. The van der Waals surface area contributed by atoms with Crippen LogP contribution in [-0.2, 0) is 19.0 Å². The number of carbonyl (C=O) groups excluding carboxylic acids is 1. The van der Waals surface area contributed by atoms with Crippen molar-refractivity contribution in [1.82, 2.24) is 0 Å². The van der Waals surface area contributed by atoms with Crippen LogP contribution in [0.15, 0.2) is 0 Å². The molecule has 0 bridgehead atoms. The molecule has 1 heterocycles. The average Bonchev–Trinajstić information content (AvgIpc) is 2.40. The van der Waals surface area contributed by atoms with Crippen LogP contribution in [0.2, 0.25) is 0 Å². The fraction of sp³-hybridized carbons (Fsp3) is 0.923. The molecule has 2 rings (SSSR count). The van der Waals surface area contributed by atoms with Crippen LogP contribution >= 0.6 is 0 Å². The molecule has 0 spiro atoms. The smallest absolute Gasteiger partial charge is 0.309 e. The van der Waals surface area contributed by atoms with Crippen LogP contribution in [0.25, 0.3) is 0 Å². The lowest BCUT2D eigenvalue weighted by Gasteiger charge is -2.31. The van der Waals surface area contributed by atoms with Gasteiger partial charge in [-0.3, -0.25) is 4.79 Å². The molecule has 0 N–H and O–H groups in total. The van der Waals surface area contributed by atoms with E-state index in [0.717, 1.165) is 32.1 Å². The summed E-state index contributed by atoms with van der Waals surface area (Å²) in [5.41, 5.74) is 0. The Morgan fingerprint density at radius 1 is 1.06 bits per heavy atom. The molecule has 0 aromatic carbocycles. The maximum atomic E-state index is 12.0. The summed E-state index contributed by atoms with van der Waals surface area (Å²) >= 11 is 0. The van der Waals surface area contributed by atoms with Gasteiger partial charge in [0.15, 0.2) is 0 Å². The second-order valence-electron chi connectivity index (χ2n) is 4.92. The molecular formula is C13H22O4. The summed E-state index contributed by atoms with van der Waals surface area (Å²) in [5, 5.41) is 0. The topological polar surface area (TPSA) is 44.8 Å². The maximum Gasteiger partial charge on any atom is 0.309 e. The third-order valence-corrected chi connectivity index (χ3v) is 3.77. The molecule has 1 aliphatic heterocycles. The highest BCUT2D eigenvalue weighted by molar-refractivity contribution is 5.72. The number of methoxy groups -OCH3 is 1. The molecule has 0 aromatic rings. The van der Waals surface area contributed by atoms with Gasteiger partial charge in [0.25, 0.3) is 0 Å². The second-order valence-corrected chi connectivity index (χ2v) is 4.92. The largest absolute Gasteiger partial charge is 0.459 e. The van der Waals surface area contributed by atoms with E-state index in [9.17, 15) is 4.79 Å². The van der Waals surface area contributed by atoms with Crippen molar-refractivity contribution < 1.29 is 19.0 Å². The van der Waals surface area contributed by atoms with E-state index in [2.05, 4.69) is 0 Å². The normalized spacial score (nSPS) is 31.1. The van der Waals surface area contributed by atoms with Crippen molar-refractivity contribution in [3.8, 4) is 0 Å². The third kappa shape index (κ3) is 3.42. The zero-order valence-corrected chi connectivity index (χ0v) is 10.5. The maximum absolute atomic E-state index is 12.0. The Morgan fingerprint density at radius 3 is 2.35 bits per heavy atom. The molecule has 0 radical (unpaired) electrons. The summed E-state index contributed by atoms with van der Waals surface area (Å²) in [6.45, 7) is 1.36. The summed E-state index contributed by atoms with van der Waals surface area (Å²) in [6, 6.07) is 0. The van der Waals surface area contributed by atoms with Gasteiger partial charge in [-0.2, -0.15) is 0 Å². The molecule has 2 aliphatic rings. The van der Waals surface area contributed by atoms with E-state index in [-0.39, 0.29) is 24.1 Å². The van der Waals surface area contributed by atoms with Crippen molar-refractivity contribution in [1.29, 1.82) is 0 Å². The summed E-state index contributed by atoms with van der Waals surface area (Å²) in [5.74, 6) is -0.0227. The van der Waals surface area contributed by atoms with E-state index in [1.807, 2.05) is 0 Å². The highest BCUT2D eigenvalue weighted by atomic mass is 16.6. The van der Waals surface area contributed by atoms with Crippen LogP contribution < -0.4 is 0 Å². The molecule has 2 fully saturated rings. The molecular weight excluding hydrogens is 220 g/mol. The van der Waals surface area contributed by atoms with Crippen molar-refractivity contribution in [2.24, 2.45) is 5.92 Å². The molecule has 4 nitrogen and oxygen atoms in total. The highest BCUT2D eigenvalue weighted by Crippen LogP contribution is 2.25. The zero-order valence-electron chi connectivity index (χ0n) is 10.5. The predicted octanol–water partition coefficient (Wildman–Crippen LogP) is 1.91. The fourth-order valence-corrected chi connectivity index (χ4v) is 2.65. The number of carbonyl (C=O) groups is 1. The van der Waals surface area contributed by atoms with Gasteiger partial charge in [0.05, 0.1) is 12.0 Å². The van der Waals surface area contributed by atoms with E-state index >= 15 is 0 Å². The monoisotopic (exact) mass is 242 g/mol. The molecule has 1 aliphatic carbocycles. The summed E-state index contributed by atoms with van der Waals surface area (Å²) in [4.78, 5) is 12.0. The van der Waals surface area contributed by atoms with Crippen molar-refractivity contribution in [3.63, 3.8) is 0 Å². The number of hydrogen-bond acceptors (Lipinski definition) is 4. The Labute approximate surface area is 103 Å². The molecule has 1 saturated carbocycles. The number of esters is 1. The molecule has 0 amide bonds. The molecule has 0 aromatic heterocycles. The van der Waals surface area contributed by atoms with Gasteiger partial charge >= 0.3 is 5.97 Å². The Kier molecular flexibility index (Phi) is 4.80. The van der Waals surface area contributed by atoms with Crippen LogP contribution in [0.5, 0.6) is 0 Å². The van der Waals surface area contributed by atoms with E-state index in [0.29, 0.717) is 13.2 Å². The minimum atomic E-state index is -0.0535. The van der Waals surface area contributed by atoms with Gasteiger partial charge in [0, 0.05) is 20.3 Å². The first kappa shape index (κ1) is 12.8. The first-order valence-corrected chi connectivity index (χ1v) is 6.62. The van der Waals surface area contributed by atoms with Crippen LogP contribution in [0.1, 0.15) is 38.5 Å². The Morgan fingerprint density at radius 2 is 1.71 bits per heavy atom.